The molecule has 0 saturated carbocycles. The lowest BCUT2D eigenvalue weighted by atomic mass is 9.92. The third kappa shape index (κ3) is 3.56. The van der Waals surface area contributed by atoms with Gasteiger partial charge in [-0.2, -0.15) is 0 Å². The summed E-state index contributed by atoms with van der Waals surface area (Å²) in [5.74, 6) is -0.641. The Morgan fingerprint density at radius 2 is 1.96 bits per heavy atom. The molecule has 1 unspecified atom stereocenters. The average Bonchev–Trinajstić information content (AvgIpc) is 2.93. The van der Waals surface area contributed by atoms with Crippen LogP contribution in [0.25, 0.3) is 0 Å². The fourth-order valence-electron chi connectivity index (χ4n) is 3.26. The summed E-state index contributed by atoms with van der Waals surface area (Å²) < 4.78 is 5.25. The molecule has 2 aromatic rings. The molecule has 0 saturated heterocycles. The number of hydrogen-bond acceptors (Lipinski definition) is 5. The number of ketones is 1. The Kier molecular flexibility index (Phi) is 5.26. The van der Waals surface area contributed by atoms with E-state index in [1.165, 1.54) is 4.90 Å². The van der Waals surface area contributed by atoms with Crippen LogP contribution < -0.4 is 9.64 Å². The van der Waals surface area contributed by atoms with Gasteiger partial charge in [0.05, 0.1) is 18.7 Å². The molecule has 2 heterocycles. The summed E-state index contributed by atoms with van der Waals surface area (Å²) in [4.78, 5) is 31.2. The first-order valence-electron chi connectivity index (χ1n) is 8.78. The van der Waals surface area contributed by atoms with Crippen LogP contribution in [-0.2, 0) is 9.59 Å². The Bertz CT molecular complexity index is 890. The number of carbonyl (C=O) groups excluding carboxylic acids is 2. The Labute approximate surface area is 158 Å². The Balaban J connectivity index is 2.13. The second-order valence-electron chi connectivity index (χ2n) is 6.84. The second-order valence-corrected chi connectivity index (χ2v) is 6.84. The smallest absolute Gasteiger partial charge is 0.294 e. The molecule has 1 amide bonds. The number of aromatic nitrogens is 1. The van der Waals surface area contributed by atoms with Crippen molar-refractivity contribution < 1.29 is 19.4 Å². The van der Waals surface area contributed by atoms with E-state index < -0.39 is 17.7 Å². The molecule has 140 valence electrons. The summed E-state index contributed by atoms with van der Waals surface area (Å²) in [6, 6.07) is 9.75. The van der Waals surface area contributed by atoms with Gasteiger partial charge in [0, 0.05) is 30.6 Å². The summed E-state index contributed by atoms with van der Waals surface area (Å²) in [6.45, 7) is 3.85. The third-order valence-corrected chi connectivity index (χ3v) is 4.46. The van der Waals surface area contributed by atoms with E-state index in [2.05, 4.69) is 4.98 Å². The molecule has 1 N–H and O–H groups in total. The van der Waals surface area contributed by atoms with Gasteiger partial charge in [0.15, 0.2) is 11.5 Å². The molecule has 0 aliphatic carbocycles. The fourth-order valence-corrected chi connectivity index (χ4v) is 3.26. The molecule has 1 aliphatic heterocycles. The normalized spacial score (nSPS) is 17.0. The number of pyridine rings is 1. The standard InChI is InChI=1S/C21H22N2O4/c1-13(2)11-17(24)18-19(14-7-9-22-10-8-14)23(21(26)20(18)25)15-5-4-6-16(12-15)27-3/h4-10,12-13,19,25H,11H2,1-3H3. The van der Waals surface area contributed by atoms with E-state index in [9.17, 15) is 14.7 Å². The highest BCUT2D eigenvalue weighted by atomic mass is 16.5. The number of amides is 1. The molecule has 0 fully saturated rings. The number of nitrogens with zero attached hydrogens (tertiary/aromatic N) is 2. The first kappa shape index (κ1) is 18.6. The maximum atomic E-state index is 12.9. The van der Waals surface area contributed by atoms with Crippen LogP contribution in [0.2, 0.25) is 0 Å². The molecule has 6 nitrogen and oxygen atoms in total. The monoisotopic (exact) mass is 366 g/mol. The van der Waals surface area contributed by atoms with E-state index in [0.717, 1.165) is 0 Å². The minimum atomic E-state index is -0.709. The number of methoxy groups -OCH3 is 1. The van der Waals surface area contributed by atoms with Gasteiger partial charge in [-0.15, -0.1) is 0 Å². The summed E-state index contributed by atoms with van der Waals surface area (Å²) >= 11 is 0. The van der Waals surface area contributed by atoms with Gasteiger partial charge in [0.25, 0.3) is 5.91 Å². The fraction of sp³-hybridized carbons (Fsp3) is 0.286. The molecule has 1 aromatic heterocycles. The summed E-state index contributed by atoms with van der Waals surface area (Å²) in [7, 11) is 1.54. The predicted octanol–water partition coefficient (Wildman–Crippen LogP) is 3.61. The number of aliphatic hydroxyl groups excluding tert-OH is 1. The number of Topliss-reactive ketones (excluding diaryl/α,β-unsaturated/α-hetero) is 1. The Morgan fingerprint density at radius 1 is 1.26 bits per heavy atom. The molecule has 1 aliphatic rings. The highest BCUT2D eigenvalue weighted by Crippen LogP contribution is 2.42. The topological polar surface area (TPSA) is 79.7 Å². The van der Waals surface area contributed by atoms with Crippen molar-refractivity contribution in [1.82, 2.24) is 4.98 Å². The van der Waals surface area contributed by atoms with Crippen molar-refractivity contribution in [2.75, 3.05) is 12.0 Å². The van der Waals surface area contributed by atoms with Crippen LogP contribution in [0.1, 0.15) is 31.9 Å². The van der Waals surface area contributed by atoms with Crippen LogP contribution >= 0.6 is 0 Å². The van der Waals surface area contributed by atoms with Gasteiger partial charge in [0.2, 0.25) is 0 Å². The number of aliphatic hydroxyl groups is 1. The highest BCUT2D eigenvalue weighted by Gasteiger charge is 2.44. The van der Waals surface area contributed by atoms with Gasteiger partial charge in [-0.25, -0.2) is 0 Å². The lowest BCUT2D eigenvalue weighted by Crippen LogP contribution is -2.31. The van der Waals surface area contributed by atoms with Crippen LogP contribution in [0.4, 0.5) is 5.69 Å². The Morgan fingerprint density at radius 3 is 2.59 bits per heavy atom. The van der Waals surface area contributed by atoms with Gasteiger partial charge in [-0.1, -0.05) is 19.9 Å². The molecule has 27 heavy (non-hydrogen) atoms. The summed E-state index contributed by atoms with van der Waals surface area (Å²) in [5.41, 5.74) is 1.38. The van der Waals surface area contributed by atoms with Gasteiger partial charge >= 0.3 is 0 Å². The highest BCUT2D eigenvalue weighted by molar-refractivity contribution is 6.16. The zero-order chi connectivity index (χ0) is 19.6. The van der Waals surface area contributed by atoms with Crippen molar-refractivity contribution in [2.24, 2.45) is 5.92 Å². The van der Waals surface area contributed by atoms with Crippen molar-refractivity contribution in [3.05, 3.63) is 65.7 Å². The van der Waals surface area contributed by atoms with E-state index >= 15 is 0 Å². The van der Waals surface area contributed by atoms with Gasteiger partial charge in [-0.05, 0) is 35.7 Å². The zero-order valence-corrected chi connectivity index (χ0v) is 15.5. The van der Waals surface area contributed by atoms with Crippen molar-refractivity contribution in [2.45, 2.75) is 26.3 Å². The lowest BCUT2D eigenvalue weighted by molar-refractivity contribution is -0.118. The number of anilines is 1. The van der Waals surface area contributed by atoms with Crippen LogP contribution in [-0.4, -0.2) is 28.9 Å². The molecule has 3 rings (SSSR count). The van der Waals surface area contributed by atoms with Crippen LogP contribution in [0, 0.1) is 5.92 Å². The molecule has 0 spiro atoms. The number of hydrogen-bond donors (Lipinski definition) is 1. The van der Waals surface area contributed by atoms with Crippen molar-refractivity contribution in [1.29, 1.82) is 0 Å². The predicted molar refractivity (Wildman–Crippen MR) is 102 cm³/mol. The Hall–Kier alpha value is -3.15. The maximum Gasteiger partial charge on any atom is 0.294 e. The molecular weight excluding hydrogens is 344 g/mol. The minimum Gasteiger partial charge on any atom is -0.503 e. The average molecular weight is 366 g/mol. The number of carbonyl (C=O) groups is 2. The SMILES string of the molecule is COc1cccc(N2C(=O)C(O)=C(C(=O)CC(C)C)C2c2ccncc2)c1. The maximum absolute atomic E-state index is 12.9. The minimum absolute atomic E-state index is 0.108. The first-order chi connectivity index (χ1) is 12.9. The quantitative estimate of drug-likeness (QED) is 0.845. The van der Waals surface area contributed by atoms with Crippen molar-refractivity contribution in [3.63, 3.8) is 0 Å². The van der Waals surface area contributed by atoms with Crippen LogP contribution in [0.5, 0.6) is 5.75 Å². The summed E-state index contributed by atoms with van der Waals surface area (Å²) in [6.07, 6.45) is 3.45. The van der Waals surface area contributed by atoms with E-state index in [1.807, 2.05) is 13.8 Å². The van der Waals surface area contributed by atoms with E-state index in [1.54, 1.807) is 55.9 Å². The number of rotatable bonds is 6. The molecule has 6 heteroatoms. The van der Waals surface area contributed by atoms with Gasteiger partial charge in [-0.3, -0.25) is 19.5 Å². The summed E-state index contributed by atoms with van der Waals surface area (Å²) in [5, 5.41) is 10.6. The molecule has 0 radical (unpaired) electrons. The molecule has 1 atom stereocenters. The molecule has 0 bridgehead atoms. The third-order valence-electron chi connectivity index (χ3n) is 4.46. The zero-order valence-electron chi connectivity index (χ0n) is 15.5. The van der Waals surface area contributed by atoms with Crippen LogP contribution in [0.15, 0.2) is 60.1 Å². The van der Waals surface area contributed by atoms with E-state index in [0.29, 0.717) is 17.0 Å². The number of ether oxygens (including phenoxy) is 1. The van der Waals surface area contributed by atoms with Crippen molar-refractivity contribution >= 4 is 17.4 Å². The van der Waals surface area contributed by atoms with Crippen LogP contribution in [0.3, 0.4) is 0 Å². The van der Waals surface area contributed by atoms with Gasteiger partial charge in [0.1, 0.15) is 5.75 Å². The van der Waals surface area contributed by atoms with Crippen molar-refractivity contribution in [3.8, 4) is 5.75 Å². The second kappa shape index (κ2) is 7.61. The van der Waals surface area contributed by atoms with E-state index in [-0.39, 0.29) is 23.7 Å². The van der Waals surface area contributed by atoms with E-state index in [4.69, 9.17) is 4.74 Å². The largest absolute Gasteiger partial charge is 0.503 e. The molecule has 1 aromatic carbocycles. The number of benzene rings is 1. The van der Waals surface area contributed by atoms with Gasteiger partial charge < -0.3 is 9.84 Å². The first-order valence-corrected chi connectivity index (χ1v) is 8.78. The lowest BCUT2D eigenvalue weighted by Gasteiger charge is -2.27. The molecular formula is C21H22N2O4.